The van der Waals surface area contributed by atoms with Crippen molar-refractivity contribution < 1.29 is 9.15 Å². The van der Waals surface area contributed by atoms with Gasteiger partial charge in [0.1, 0.15) is 22.7 Å². The van der Waals surface area contributed by atoms with E-state index in [4.69, 9.17) is 19.1 Å². The number of fused-ring (bicyclic) bond motifs is 13. The molecule has 50 heavy (non-hydrogen) atoms. The molecule has 6 nitrogen and oxygen atoms in total. The summed E-state index contributed by atoms with van der Waals surface area (Å²) in [7, 11) is 0. The van der Waals surface area contributed by atoms with Gasteiger partial charge in [0, 0.05) is 38.2 Å². The van der Waals surface area contributed by atoms with Gasteiger partial charge in [-0.05, 0) is 60.7 Å². The van der Waals surface area contributed by atoms with E-state index in [2.05, 4.69) is 112 Å². The Balaban J connectivity index is 1.32. The number of ether oxygens (including phenoxy) is 1. The highest BCUT2D eigenvalue weighted by atomic mass is 16.5. The van der Waals surface area contributed by atoms with Gasteiger partial charge < -0.3 is 13.7 Å². The lowest BCUT2D eigenvalue weighted by Gasteiger charge is -2.21. The molecule has 0 bridgehead atoms. The van der Waals surface area contributed by atoms with Crippen LogP contribution >= 0.6 is 0 Å². The largest absolute Gasteiger partial charge is 0.456 e. The van der Waals surface area contributed by atoms with Gasteiger partial charge in [-0.25, -0.2) is 9.97 Å². The standard InChI is InChI=1S/C44H24N4O2/c1-2-11-25(12-3-1)47-41-28(23-24-37-38(41)30-14-5-8-18-34(30)49-37)29-22-21-27-26-13-4-7-17-33(26)48(43(27)42(29)47)44-45-32-16-10-20-36-39(32)40(46-44)31-15-6-9-19-35(31)50-36/h1-24H. The van der Waals surface area contributed by atoms with Crippen LogP contribution in [0.3, 0.4) is 0 Å². The quantitative estimate of drug-likeness (QED) is 0.189. The fourth-order valence-electron chi connectivity index (χ4n) is 8.28. The minimum absolute atomic E-state index is 0.615. The van der Waals surface area contributed by atoms with Gasteiger partial charge in [0.15, 0.2) is 0 Å². The van der Waals surface area contributed by atoms with Crippen LogP contribution in [0.4, 0.5) is 0 Å². The molecule has 0 amide bonds. The first kappa shape index (κ1) is 26.1. The summed E-state index contributed by atoms with van der Waals surface area (Å²) in [5.41, 5.74) is 9.77. The second-order valence-electron chi connectivity index (χ2n) is 12.9. The Morgan fingerprint density at radius 3 is 2.06 bits per heavy atom. The highest BCUT2D eigenvalue weighted by Crippen LogP contribution is 2.47. The fraction of sp³-hybridized carbons (Fsp3) is 0. The molecule has 11 aromatic rings. The molecule has 232 valence electrons. The molecule has 0 N–H and O–H groups in total. The van der Waals surface area contributed by atoms with E-state index in [0.717, 1.165) is 105 Å². The third-order valence-electron chi connectivity index (χ3n) is 10.3. The fourth-order valence-corrected chi connectivity index (χ4v) is 8.28. The van der Waals surface area contributed by atoms with Crippen molar-refractivity contribution in [3.8, 4) is 34.4 Å². The maximum absolute atomic E-state index is 6.44. The van der Waals surface area contributed by atoms with Crippen molar-refractivity contribution >= 4 is 76.5 Å². The van der Waals surface area contributed by atoms with Crippen molar-refractivity contribution in [2.75, 3.05) is 0 Å². The highest BCUT2D eigenvalue weighted by Gasteiger charge is 2.27. The van der Waals surface area contributed by atoms with Crippen molar-refractivity contribution in [2.45, 2.75) is 0 Å². The summed E-state index contributed by atoms with van der Waals surface area (Å²) in [6.45, 7) is 0. The molecule has 7 aromatic carbocycles. The van der Waals surface area contributed by atoms with Gasteiger partial charge in [-0.3, -0.25) is 4.57 Å². The van der Waals surface area contributed by atoms with Gasteiger partial charge in [-0.2, -0.15) is 0 Å². The second-order valence-corrected chi connectivity index (χ2v) is 12.9. The van der Waals surface area contributed by atoms with Crippen molar-refractivity contribution in [1.82, 2.24) is 19.1 Å². The predicted octanol–water partition coefficient (Wildman–Crippen LogP) is 11.5. The lowest BCUT2D eigenvalue weighted by atomic mass is 10.0. The molecule has 1 aliphatic heterocycles. The number of para-hydroxylation sites is 4. The van der Waals surface area contributed by atoms with Crippen molar-refractivity contribution in [1.29, 1.82) is 0 Å². The van der Waals surface area contributed by atoms with Crippen LogP contribution in [0.5, 0.6) is 11.5 Å². The third kappa shape index (κ3) is 3.27. The normalized spacial score (nSPS) is 12.6. The monoisotopic (exact) mass is 640 g/mol. The molecule has 5 heterocycles. The maximum atomic E-state index is 6.44. The summed E-state index contributed by atoms with van der Waals surface area (Å²) >= 11 is 0. The van der Waals surface area contributed by atoms with Crippen LogP contribution in [0.25, 0.3) is 99.3 Å². The van der Waals surface area contributed by atoms with Gasteiger partial charge in [-0.15, -0.1) is 0 Å². The molecule has 0 radical (unpaired) electrons. The summed E-state index contributed by atoms with van der Waals surface area (Å²) < 4.78 is 17.5. The molecule has 0 fully saturated rings. The van der Waals surface area contributed by atoms with E-state index in [0.29, 0.717) is 5.95 Å². The minimum atomic E-state index is 0.615. The Kier molecular flexibility index (Phi) is 4.89. The first-order valence-corrected chi connectivity index (χ1v) is 16.8. The molecule has 0 atom stereocenters. The van der Waals surface area contributed by atoms with Crippen molar-refractivity contribution in [3.05, 3.63) is 146 Å². The summed E-state index contributed by atoms with van der Waals surface area (Å²) in [6, 6.07) is 50.5. The number of nitrogens with zero attached hydrogens (tertiary/aromatic N) is 4. The summed E-state index contributed by atoms with van der Waals surface area (Å²) in [5, 5.41) is 7.71. The zero-order valence-corrected chi connectivity index (χ0v) is 26.5. The zero-order chi connectivity index (χ0) is 32.5. The molecule has 6 heteroatoms. The Hall–Kier alpha value is -6.92. The van der Waals surface area contributed by atoms with E-state index < -0.39 is 0 Å². The summed E-state index contributed by atoms with van der Waals surface area (Å²) in [5.74, 6) is 2.18. The minimum Gasteiger partial charge on any atom is -0.456 e. The highest BCUT2D eigenvalue weighted by molar-refractivity contribution is 6.29. The first-order chi connectivity index (χ1) is 24.8. The zero-order valence-electron chi connectivity index (χ0n) is 26.5. The van der Waals surface area contributed by atoms with Crippen LogP contribution in [0.2, 0.25) is 0 Å². The van der Waals surface area contributed by atoms with Crippen molar-refractivity contribution in [2.24, 2.45) is 0 Å². The maximum Gasteiger partial charge on any atom is 0.235 e. The van der Waals surface area contributed by atoms with E-state index in [-0.39, 0.29) is 0 Å². The van der Waals surface area contributed by atoms with Crippen LogP contribution in [-0.2, 0) is 0 Å². The number of furan rings is 1. The Morgan fingerprint density at radius 1 is 0.440 bits per heavy atom. The van der Waals surface area contributed by atoms with Crippen LogP contribution < -0.4 is 4.74 Å². The second kappa shape index (κ2) is 9.36. The molecule has 0 unspecified atom stereocenters. The van der Waals surface area contributed by atoms with Crippen LogP contribution in [0, 0.1) is 0 Å². The van der Waals surface area contributed by atoms with Crippen molar-refractivity contribution in [3.63, 3.8) is 0 Å². The van der Waals surface area contributed by atoms with Gasteiger partial charge in [-0.1, -0.05) is 84.9 Å². The van der Waals surface area contributed by atoms with Crippen LogP contribution in [0.1, 0.15) is 0 Å². The molecule has 0 spiro atoms. The number of hydrogen-bond acceptors (Lipinski definition) is 4. The molecule has 4 aromatic heterocycles. The van der Waals surface area contributed by atoms with Gasteiger partial charge in [0.05, 0.1) is 44.0 Å². The lowest BCUT2D eigenvalue weighted by Crippen LogP contribution is -2.07. The average molecular weight is 641 g/mol. The molecule has 0 saturated heterocycles. The molecule has 1 aliphatic rings. The SMILES string of the molecule is c1ccc(-n2c3c(ccc4oc5ccccc5c43)c3ccc4c5ccccc5n(-c5nc6c7c(cccc7n5)Oc5ccccc5-6)c4c32)cc1. The summed E-state index contributed by atoms with van der Waals surface area (Å²) in [4.78, 5) is 10.7. The van der Waals surface area contributed by atoms with Crippen LogP contribution in [0.15, 0.2) is 150 Å². The average Bonchev–Trinajstić information content (AvgIpc) is 3.83. The number of rotatable bonds is 2. The summed E-state index contributed by atoms with van der Waals surface area (Å²) in [6.07, 6.45) is 0. The predicted molar refractivity (Wildman–Crippen MR) is 201 cm³/mol. The molecule has 12 rings (SSSR count). The third-order valence-corrected chi connectivity index (χ3v) is 10.3. The first-order valence-electron chi connectivity index (χ1n) is 16.8. The van der Waals surface area contributed by atoms with E-state index in [1.54, 1.807) is 0 Å². The van der Waals surface area contributed by atoms with Gasteiger partial charge >= 0.3 is 0 Å². The van der Waals surface area contributed by atoms with E-state index >= 15 is 0 Å². The topological polar surface area (TPSA) is 58.0 Å². The lowest BCUT2D eigenvalue weighted by molar-refractivity contribution is 0.486. The van der Waals surface area contributed by atoms with E-state index in [1.165, 1.54) is 0 Å². The molecule has 0 aliphatic carbocycles. The Morgan fingerprint density at radius 2 is 1.14 bits per heavy atom. The number of hydrogen-bond donors (Lipinski definition) is 0. The smallest absolute Gasteiger partial charge is 0.235 e. The van der Waals surface area contributed by atoms with E-state index in [1.807, 2.05) is 42.5 Å². The number of benzene rings is 7. The van der Waals surface area contributed by atoms with Crippen LogP contribution in [-0.4, -0.2) is 19.1 Å². The Labute approximate surface area is 284 Å². The molecular formula is C44H24N4O2. The van der Waals surface area contributed by atoms with E-state index in [9.17, 15) is 0 Å². The number of aromatic nitrogens is 4. The molecule has 0 saturated carbocycles. The van der Waals surface area contributed by atoms with Gasteiger partial charge in [0.25, 0.3) is 0 Å². The Bertz CT molecular complexity index is 3240. The van der Waals surface area contributed by atoms with Gasteiger partial charge in [0.2, 0.25) is 5.95 Å². The molecular weight excluding hydrogens is 617 g/mol.